The molecular formula is C25H28N4O9. The van der Waals surface area contributed by atoms with E-state index in [1.54, 1.807) is 0 Å². The molecule has 0 bridgehead atoms. The maximum absolute atomic E-state index is 13.1. The molecule has 0 saturated heterocycles. The number of rotatable bonds is 8. The molecule has 0 fully saturated rings. The predicted molar refractivity (Wildman–Crippen MR) is 130 cm³/mol. The topological polar surface area (TPSA) is 139 Å². The van der Waals surface area contributed by atoms with E-state index in [1.165, 1.54) is 33.5 Å². The molecule has 0 N–H and O–H groups in total. The van der Waals surface area contributed by atoms with Crippen LogP contribution < -0.4 is 14.4 Å². The molecule has 0 saturated carbocycles. The predicted octanol–water partition coefficient (Wildman–Crippen LogP) is 1.33. The highest BCUT2D eigenvalue weighted by Gasteiger charge is 2.52. The number of hydroxylamine groups is 2. The molecule has 38 heavy (non-hydrogen) atoms. The van der Waals surface area contributed by atoms with E-state index in [0.717, 1.165) is 12.7 Å². The van der Waals surface area contributed by atoms with Gasteiger partial charge in [-0.15, -0.1) is 5.06 Å². The molecule has 13 heteroatoms. The van der Waals surface area contributed by atoms with Crippen LogP contribution in [0.15, 0.2) is 41.7 Å². The van der Waals surface area contributed by atoms with Gasteiger partial charge >= 0.3 is 23.9 Å². The molecular weight excluding hydrogens is 500 g/mol. The summed E-state index contributed by atoms with van der Waals surface area (Å²) in [7, 11) is 6.44. The third kappa shape index (κ3) is 4.92. The number of hydrogen-bond acceptors (Lipinski definition) is 13. The maximum Gasteiger partial charge on any atom is 0.376 e. The number of fused-ring (bicyclic) bond motifs is 3. The quantitative estimate of drug-likeness (QED) is 0.360. The fourth-order valence-corrected chi connectivity index (χ4v) is 4.51. The van der Waals surface area contributed by atoms with Gasteiger partial charge in [0, 0.05) is 13.1 Å². The first-order valence-electron chi connectivity index (χ1n) is 11.6. The summed E-state index contributed by atoms with van der Waals surface area (Å²) in [6.45, 7) is 0.552. The number of carbonyl (C=O) groups excluding carboxylic acids is 3. The van der Waals surface area contributed by atoms with Crippen LogP contribution in [0.25, 0.3) is 0 Å². The number of carbonyl (C=O) groups is 3. The minimum absolute atomic E-state index is 0.0207. The van der Waals surface area contributed by atoms with Crippen molar-refractivity contribution < 1.29 is 42.9 Å². The van der Waals surface area contributed by atoms with Crippen LogP contribution in [0.2, 0.25) is 0 Å². The third-order valence-corrected chi connectivity index (χ3v) is 6.20. The highest BCUT2D eigenvalue weighted by atomic mass is 16.7. The molecule has 13 nitrogen and oxygen atoms in total. The van der Waals surface area contributed by atoms with Crippen LogP contribution in [0, 0.1) is 0 Å². The Morgan fingerprint density at radius 1 is 0.947 bits per heavy atom. The van der Waals surface area contributed by atoms with Crippen molar-refractivity contribution in [2.45, 2.75) is 25.0 Å². The summed E-state index contributed by atoms with van der Waals surface area (Å²) in [6, 6.07) is 7.81. The fourth-order valence-electron chi connectivity index (χ4n) is 4.51. The van der Waals surface area contributed by atoms with Gasteiger partial charge in [-0.05, 0) is 5.56 Å². The zero-order valence-corrected chi connectivity index (χ0v) is 21.6. The van der Waals surface area contributed by atoms with E-state index >= 15 is 0 Å². The normalized spacial score (nSPS) is 18.5. The van der Waals surface area contributed by atoms with Gasteiger partial charge in [0.05, 0.1) is 53.6 Å². The second-order valence-corrected chi connectivity index (χ2v) is 8.34. The first-order chi connectivity index (χ1) is 18.4. The summed E-state index contributed by atoms with van der Waals surface area (Å²) in [6.07, 6.45) is -0.137. The molecule has 2 atom stereocenters. The van der Waals surface area contributed by atoms with Gasteiger partial charge in [-0.1, -0.05) is 30.3 Å². The van der Waals surface area contributed by atoms with Gasteiger partial charge in [-0.3, -0.25) is 4.79 Å². The Kier molecular flexibility index (Phi) is 7.96. The molecule has 3 heterocycles. The van der Waals surface area contributed by atoms with Gasteiger partial charge in [0.1, 0.15) is 17.4 Å². The molecule has 2 aromatic rings. The molecule has 0 spiro atoms. The summed E-state index contributed by atoms with van der Waals surface area (Å²) < 4.78 is 25.8. The summed E-state index contributed by atoms with van der Waals surface area (Å²) in [5.74, 6) is -2.20. The number of nitrogens with zero attached hydrogens (tertiary/aromatic N) is 4. The first-order valence-corrected chi connectivity index (χ1v) is 11.6. The second-order valence-electron chi connectivity index (χ2n) is 8.34. The van der Waals surface area contributed by atoms with Crippen molar-refractivity contribution in [3.63, 3.8) is 0 Å². The minimum atomic E-state index is -1.09. The zero-order valence-electron chi connectivity index (χ0n) is 21.6. The first kappa shape index (κ1) is 26.7. The number of methoxy groups -OCH3 is 5. The fraction of sp³-hybridized carbons (Fsp3) is 0.400. The average molecular weight is 529 g/mol. The Bertz CT molecular complexity index is 1250. The van der Waals surface area contributed by atoms with Crippen molar-refractivity contribution in [1.29, 1.82) is 0 Å². The molecule has 0 aliphatic carbocycles. The number of aromatic nitrogens is 2. The molecule has 4 rings (SSSR count). The molecule has 2 aliphatic rings. The van der Waals surface area contributed by atoms with Gasteiger partial charge in [0.25, 0.3) is 0 Å². The highest BCUT2D eigenvalue weighted by molar-refractivity contribution is 6.01. The van der Waals surface area contributed by atoms with Crippen molar-refractivity contribution in [2.75, 3.05) is 47.0 Å². The van der Waals surface area contributed by atoms with E-state index in [0.29, 0.717) is 17.9 Å². The highest BCUT2D eigenvalue weighted by Crippen LogP contribution is 2.49. The van der Waals surface area contributed by atoms with E-state index in [4.69, 9.17) is 28.5 Å². The van der Waals surface area contributed by atoms with Gasteiger partial charge < -0.3 is 33.4 Å². The number of ether oxygens (including phenoxy) is 5. The Hall–Kier alpha value is -4.39. The van der Waals surface area contributed by atoms with Crippen LogP contribution in [0.3, 0.4) is 0 Å². The molecule has 2 aliphatic heterocycles. The number of esters is 3. The van der Waals surface area contributed by atoms with E-state index in [1.807, 2.05) is 35.2 Å². The van der Waals surface area contributed by atoms with Crippen LogP contribution in [0.1, 0.15) is 23.6 Å². The van der Waals surface area contributed by atoms with Gasteiger partial charge in [-0.2, -0.15) is 9.97 Å². The average Bonchev–Trinajstić information content (AvgIpc) is 3.30. The Labute approximate surface area is 218 Å². The monoisotopic (exact) mass is 528 g/mol. The molecule has 2 unspecified atom stereocenters. The van der Waals surface area contributed by atoms with Gasteiger partial charge in [0.15, 0.2) is 0 Å². The molecule has 1 aromatic carbocycles. The Morgan fingerprint density at radius 2 is 1.66 bits per heavy atom. The molecule has 202 valence electrons. The summed E-state index contributed by atoms with van der Waals surface area (Å²) >= 11 is 0. The van der Waals surface area contributed by atoms with E-state index < -0.39 is 30.0 Å². The van der Waals surface area contributed by atoms with Crippen molar-refractivity contribution in [2.24, 2.45) is 0 Å². The molecule has 0 radical (unpaired) electrons. The van der Waals surface area contributed by atoms with Crippen molar-refractivity contribution in [3.8, 4) is 11.9 Å². The lowest BCUT2D eigenvalue weighted by molar-refractivity contribution is -0.174. The SMILES string of the molecule is COC(=O)CC1CN(Cc2ccccc2)c2nc(OC)nc(OC)c2C2C(C(=O)OC)=C(C(=O)OC)ON12. The largest absolute Gasteiger partial charge is 0.481 e. The number of anilines is 1. The summed E-state index contributed by atoms with van der Waals surface area (Å²) in [4.78, 5) is 55.1. The van der Waals surface area contributed by atoms with Crippen molar-refractivity contribution in [3.05, 3.63) is 52.8 Å². The number of benzene rings is 1. The third-order valence-electron chi connectivity index (χ3n) is 6.20. The Balaban J connectivity index is 1.99. The molecule has 1 aromatic heterocycles. The van der Waals surface area contributed by atoms with Crippen LogP contribution in [-0.2, 0) is 40.0 Å². The van der Waals surface area contributed by atoms with Gasteiger partial charge in [0.2, 0.25) is 11.6 Å². The van der Waals surface area contributed by atoms with Crippen LogP contribution in [0.4, 0.5) is 5.82 Å². The standard InChI is InChI=1S/C25H28N4O9/c1-33-16(30)11-15-13-28(12-14-9-7-6-8-10-14)21-18(22(34-2)27-25(26-21)37-5)19-17(23(31)35-3)20(24(32)36-4)38-29(15)19/h6-10,15,19H,11-13H2,1-5H3. The molecule has 0 amide bonds. The summed E-state index contributed by atoms with van der Waals surface area (Å²) in [5, 5.41) is 1.37. The van der Waals surface area contributed by atoms with E-state index in [2.05, 4.69) is 9.97 Å². The van der Waals surface area contributed by atoms with Gasteiger partial charge in [-0.25, -0.2) is 9.59 Å². The van der Waals surface area contributed by atoms with E-state index in [-0.39, 0.29) is 36.2 Å². The van der Waals surface area contributed by atoms with Crippen LogP contribution >= 0.6 is 0 Å². The lowest BCUT2D eigenvalue weighted by Gasteiger charge is -2.30. The van der Waals surface area contributed by atoms with E-state index in [9.17, 15) is 14.4 Å². The lowest BCUT2D eigenvalue weighted by atomic mass is 9.98. The van der Waals surface area contributed by atoms with Crippen LogP contribution in [0.5, 0.6) is 11.9 Å². The lowest BCUT2D eigenvalue weighted by Crippen LogP contribution is -2.43. The number of hydrogen-bond donors (Lipinski definition) is 0. The Morgan fingerprint density at radius 3 is 2.26 bits per heavy atom. The maximum atomic E-state index is 13.1. The summed E-state index contributed by atoms with van der Waals surface area (Å²) in [5.41, 5.74) is 1.12. The van der Waals surface area contributed by atoms with Crippen molar-refractivity contribution in [1.82, 2.24) is 15.0 Å². The zero-order chi connectivity index (χ0) is 27.4. The smallest absolute Gasteiger partial charge is 0.376 e. The van der Waals surface area contributed by atoms with Crippen LogP contribution in [-0.4, -0.2) is 81.1 Å². The van der Waals surface area contributed by atoms with Crippen molar-refractivity contribution >= 4 is 23.7 Å². The minimum Gasteiger partial charge on any atom is -0.481 e. The second kappa shape index (κ2) is 11.3.